The molecule has 2 N–H and O–H groups in total. The summed E-state index contributed by atoms with van der Waals surface area (Å²) in [4.78, 5) is 0. The molecule has 0 aliphatic carbocycles. The van der Waals surface area contributed by atoms with Crippen molar-refractivity contribution in [2.24, 2.45) is 0 Å². The van der Waals surface area contributed by atoms with Gasteiger partial charge in [0.15, 0.2) is 0 Å². The smallest absolute Gasteiger partial charge is 0.0610 e. The fourth-order valence-corrected chi connectivity index (χ4v) is 1.95. The zero-order valence-electron chi connectivity index (χ0n) is 10.4. The zero-order chi connectivity index (χ0) is 13.1. The number of aliphatic hydroxyl groups is 1. The van der Waals surface area contributed by atoms with Crippen LogP contribution in [-0.2, 0) is 0 Å². The van der Waals surface area contributed by atoms with Crippen molar-refractivity contribution < 1.29 is 5.11 Å². The van der Waals surface area contributed by atoms with E-state index in [1.807, 2.05) is 32.9 Å². The van der Waals surface area contributed by atoms with Crippen molar-refractivity contribution in [2.75, 3.05) is 6.61 Å². The van der Waals surface area contributed by atoms with E-state index >= 15 is 0 Å². The molecular weight excluding hydrogens is 257 g/mol. The van der Waals surface area contributed by atoms with Gasteiger partial charge in [-0.05, 0) is 38.0 Å². The summed E-state index contributed by atoms with van der Waals surface area (Å²) in [5.41, 5.74) is 0.790. The Balaban J connectivity index is 2.82. The van der Waals surface area contributed by atoms with E-state index in [4.69, 9.17) is 23.2 Å². The average molecular weight is 276 g/mol. The normalized spacial score (nSPS) is 16.6. The summed E-state index contributed by atoms with van der Waals surface area (Å²) in [6.07, 6.45) is 0.856. The highest BCUT2D eigenvalue weighted by Crippen LogP contribution is 2.26. The number of hydrogen-bond acceptors (Lipinski definition) is 2. The van der Waals surface area contributed by atoms with Gasteiger partial charge in [-0.25, -0.2) is 0 Å². The second-order valence-electron chi connectivity index (χ2n) is 4.61. The van der Waals surface area contributed by atoms with Crippen LogP contribution in [0.1, 0.15) is 38.8 Å². The molecule has 0 spiro atoms. The van der Waals surface area contributed by atoms with Gasteiger partial charge in [0.25, 0.3) is 0 Å². The van der Waals surface area contributed by atoms with Gasteiger partial charge in [-0.3, -0.25) is 0 Å². The summed E-state index contributed by atoms with van der Waals surface area (Å²) in [6.45, 7) is 6.20. The first-order valence-corrected chi connectivity index (χ1v) is 6.51. The quantitative estimate of drug-likeness (QED) is 0.857. The van der Waals surface area contributed by atoms with Crippen molar-refractivity contribution in [1.29, 1.82) is 0 Å². The Labute approximate surface area is 113 Å². The molecule has 0 heterocycles. The maximum atomic E-state index is 9.37. The van der Waals surface area contributed by atoms with E-state index in [-0.39, 0.29) is 18.2 Å². The van der Waals surface area contributed by atoms with Crippen molar-refractivity contribution in [2.45, 2.75) is 38.8 Å². The Hall–Kier alpha value is -0.280. The van der Waals surface area contributed by atoms with Gasteiger partial charge in [-0.1, -0.05) is 36.2 Å². The van der Waals surface area contributed by atoms with Crippen LogP contribution in [0.25, 0.3) is 0 Å². The molecule has 1 aromatic carbocycles. The second kappa shape index (κ2) is 6.05. The molecule has 96 valence electrons. The molecule has 1 rings (SSSR count). The molecular formula is C13H19Cl2NO. The molecule has 0 saturated carbocycles. The highest BCUT2D eigenvalue weighted by Gasteiger charge is 2.23. The van der Waals surface area contributed by atoms with E-state index < -0.39 is 0 Å². The van der Waals surface area contributed by atoms with Crippen molar-refractivity contribution >= 4 is 23.2 Å². The lowest BCUT2D eigenvalue weighted by Gasteiger charge is -2.31. The molecule has 4 heteroatoms. The van der Waals surface area contributed by atoms with Gasteiger partial charge >= 0.3 is 0 Å². The third-order valence-electron chi connectivity index (χ3n) is 3.14. The fourth-order valence-electron chi connectivity index (χ4n) is 1.65. The maximum Gasteiger partial charge on any atom is 0.0610 e. The topological polar surface area (TPSA) is 32.3 Å². The molecule has 0 fully saturated rings. The maximum absolute atomic E-state index is 9.37. The van der Waals surface area contributed by atoms with E-state index in [1.54, 1.807) is 6.07 Å². The van der Waals surface area contributed by atoms with Crippen molar-refractivity contribution in [1.82, 2.24) is 5.32 Å². The van der Waals surface area contributed by atoms with Gasteiger partial charge in [-0.2, -0.15) is 0 Å². The Kier molecular flexibility index (Phi) is 5.26. The molecule has 0 radical (unpaired) electrons. The summed E-state index contributed by atoms with van der Waals surface area (Å²) < 4.78 is 0. The number of halogens is 2. The van der Waals surface area contributed by atoms with Gasteiger partial charge in [0.1, 0.15) is 0 Å². The lowest BCUT2D eigenvalue weighted by atomic mass is 9.97. The number of hydrogen-bond donors (Lipinski definition) is 2. The molecule has 0 amide bonds. The Morgan fingerprint density at radius 3 is 2.47 bits per heavy atom. The van der Waals surface area contributed by atoms with Crippen molar-refractivity contribution in [3.05, 3.63) is 33.8 Å². The van der Waals surface area contributed by atoms with E-state index in [0.29, 0.717) is 10.0 Å². The minimum atomic E-state index is -0.272. The van der Waals surface area contributed by atoms with E-state index in [9.17, 15) is 5.11 Å². The molecule has 0 bridgehead atoms. The molecule has 0 aromatic heterocycles. The number of nitrogens with one attached hydrogen (secondary N) is 1. The first-order valence-electron chi connectivity index (χ1n) is 5.75. The molecule has 2 unspecified atom stereocenters. The Morgan fingerprint density at radius 1 is 1.35 bits per heavy atom. The molecule has 17 heavy (non-hydrogen) atoms. The minimum absolute atomic E-state index is 0.106. The Morgan fingerprint density at radius 2 is 2.00 bits per heavy atom. The van der Waals surface area contributed by atoms with Gasteiger partial charge < -0.3 is 10.4 Å². The predicted octanol–water partition coefficient (Wildman–Crippen LogP) is 3.81. The summed E-state index contributed by atoms with van der Waals surface area (Å²) in [5.74, 6) is 0. The average Bonchev–Trinajstić information content (AvgIpc) is 2.32. The summed E-state index contributed by atoms with van der Waals surface area (Å²) in [7, 11) is 0. The van der Waals surface area contributed by atoms with Crippen molar-refractivity contribution in [3.63, 3.8) is 0 Å². The third-order valence-corrected chi connectivity index (χ3v) is 3.88. The molecule has 1 aromatic rings. The van der Waals surface area contributed by atoms with Gasteiger partial charge in [-0.15, -0.1) is 0 Å². The number of benzene rings is 1. The second-order valence-corrected chi connectivity index (χ2v) is 5.43. The van der Waals surface area contributed by atoms with Gasteiger partial charge in [0.05, 0.1) is 16.7 Å². The Bertz CT molecular complexity index is 378. The SMILES string of the molecule is CCC(C)(CO)NC(C)c1ccc(Cl)c(Cl)c1. The molecule has 2 nitrogen and oxygen atoms in total. The number of aliphatic hydroxyl groups excluding tert-OH is 1. The van der Waals surface area contributed by atoms with Crippen LogP contribution in [0.15, 0.2) is 18.2 Å². The summed E-state index contributed by atoms with van der Waals surface area (Å²) >= 11 is 11.9. The van der Waals surface area contributed by atoms with Crippen molar-refractivity contribution in [3.8, 4) is 0 Å². The minimum Gasteiger partial charge on any atom is -0.394 e. The molecule has 0 aliphatic rings. The standard InChI is InChI=1S/C13H19Cl2NO/c1-4-13(3,8-17)16-9(2)10-5-6-11(14)12(15)7-10/h5-7,9,16-17H,4,8H2,1-3H3. The predicted molar refractivity (Wildman–Crippen MR) is 73.8 cm³/mol. The van der Waals surface area contributed by atoms with Crippen LogP contribution in [-0.4, -0.2) is 17.3 Å². The lowest BCUT2D eigenvalue weighted by Crippen LogP contribution is -2.46. The van der Waals surface area contributed by atoms with Crippen LogP contribution in [0, 0.1) is 0 Å². The highest BCUT2D eigenvalue weighted by molar-refractivity contribution is 6.42. The zero-order valence-corrected chi connectivity index (χ0v) is 11.9. The fraction of sp³-hybridized carbons (Fsp3) is 0.538. The monoisotopic (exact) mass is 275 g/mol. The van der Waals surface area contributed by atoms with Crippen LogP contribution in [0.3, 0.4) is 0 Å². The summed E-state index contributed by atoms with van der Waals surface area (Å²) in [5, 5.41) is 13.9. The van der Waals surface area contributed by atoms with Crippen LogP contribution in [0.2, 0.25) is 10.0 Å². The molecule has 0 aliphatic heterocycles. The summed E-state index contributed by atoms with van der Waals surface area (Å²) in [6, 6.07) is 5.70. The van der Waals surface area contributed by atoms with E-state index in [2.05, 4.69) is 5.32 Å². The largest absolute Gasteiger partial charge is 0.394 e. The van der Waals surface area contributed by atoms with Gasteiger partial charge in [0, 0.05) is 11.6 Å². The molecule has 0 saturated heterocycles. The van der Waals surface area contributed by atoms with Crippen LogP contribution in [0.5, 0.6) is 0 Å². The highest BCUT2D eigenvalue weighted by atomic mass is 35.5. The van der Waals surface area contributed by atoms with Crippen LogP contribution < -0.4 is 5.32 Å². The lowest BCUT2D eigenvalue weighted by molar-refractivity contribution is 0.159. The first-order chi connectivity index (χ1) is 7.91. The van der Waals surface area contributed by atoms with Crippen LogP contribution in [0.4, 0.5) is 0 Å². The van der Waals surface area contributed by atoms with Gasteiger partial charge in [0.2, 0.25) is 0 Å². The van der Waals surface area contributed by atoms with E-state index in [1.165, 1.54) is 0 Å². The third kappa shape index (κ3) is 3.85. The number of rotatable bonds is 5. The first kappa shape index (κ1) is 14.8. The van der Waals surface area contributed by atoms with Crippen LogP contribution >= 0.6 is 23.2 Å². The van der Waals surface area contributed by atoms with E-state index in [0.717, 1.165) is 12.0 Å². The molecule has 2 atom stereocenters.